The lowest BCUT2D eigenvalue weighted by Gasteiger charge is -2.17. The van der Waals surface area contributed by atoms with Gasteiger partial charge in [-0.2, -0.15) is 0 Å². The van der Waals surface area contributed by atoms with E-state index in [9.17, 15) is 0 Å². The Bertz CT molecular complexity index is 2880. The number of pyridine rings is 1. The van der Waals surface area contributed by atoms with E-state index in [2.05, 4.69) is 181 Å². The molecule has 3 heterocycles. The summed E-state index contributed by atoms with van der Waals surface area (Å²) in [7, 11) is 0. The summed E-state index contributed by atoms with van der Waals surface area (Å²) in [5.41, 5.74) is 14.0. The molecular formula is C51H33N3S. The molecule has 2 aromatic heterocycles. The van der Waals surface area contributed by atoms with Gasteiger partial charge in [-0.3, -0.25) is 4.98 Å². The van der Waals surface area contributed by atoms with Crippen LogP contribution in [0.15, 0.2) is 198 Å². The van der Waals surface area contributed by atoms with Crippen LogP contribution in [-0.4, -0.2) is 15.0 Å². The fourth-order valence-corrected chi connectivity index (χ4v) is 8.68. The molecule has 0 bridgehead atoms. The van der Waals surface area contributed by atoms with E-state index in [0.29, 0.717) is 5.82 Å². The largest absolute Gasteiger partial charge is 0.264 e. The number of fused-ring (bicyclic) bond motifs is 8. The third kappa shape index (κ3) is 6.33. The van der Waals surface area contributed by atoms with Gasteiger partial charge >= 0.3 is 0 Å². The van der Waals surface area contributed by atoms with Gasteiger partial charge in [0, 0.05) is 38.9 Å². The third-order valence-corrected chi connectivity index (χ3v) is 11.5. The smallest absolute Gasteiger partial charge is 0.160 e. The van der Waals surface area contributed by atoms with Crippen molar-refractivity contribution in [1.29, 1.82) is 0 Å². The van der Waals surface area contributed by atoms with Gasteiger partial charge in [0.05, 0.1) is 11.4 Å². The number of benzene rings is 7. The highest BCUT2D eigenvalue weighted by Crippen LogP contribution is 2.47. The van der Waals surface area contributed by atoms with Gasteiger partial charge in [-0.15, -0.1) is 0 Å². The summed E-state index contributed by atoms with van der Waals surface area (Å²) in [6.07, 6.45) is 8.20. The molecule has 1 aliphatic rings. The molecule has 0 saturated heterocycles. The molecule has 0 saturated carbocycles. The van der Waals surface area contributed by atoms with Crippen LogP contribution in [-0.2, 0) is 0 Å². The zero-order valence-electron chi connectivity index (χ0n) is 29.8. The normalized spacial score (nSPS) is 11.9. The summed E-state index contributed by atoms with van der Waals surface area (Å²) >= 11 is 1.84. The average molecular weight is 720 g/mol. The summed E-state index contributed by atoms with van der Waals surface area (Å²) in [6.45, 7) is 0. The van der Waals surface area contributed by atoms with Crippen LogP contribution in [0.2, 0.25) is 0 Å². The van der Waals surface area contributed by atoms with E-state index in [0.717, 1.165) is 50.3 Å². The van der Waals surface area contributed by atoms with Crippen molar-refractivity contribution in [2.24, 2.45) is 0 Å². The van der Waals surface area contributed by atoms with Gasteiger partial charge in [-0.1, -0.05) is 176 Å². The van der Waals surface area contributed by atoms with E-state index >= 15 is 0 Å². The molecule has 0 spiro atoms. The molecule has 1 aliphatic heterocycles. The molecule has 0 aliphatic carbocycles. The van der Waals surface area contributed by atoms with Gasteiger partial charge in [-0.05, 0) is 79.5 Å². The van der Waals surface area contributed by atoms with Crippen LogP contribution in [0.1, 0.15) is 11.1 Å². The Morgan fingerprint density at radius 3 is 1.87 bits per heavy atom. The van der Waals surface area contributed by atoms with Gasteiger partial charge in [0.2, 0.25) is 0 Å². The van der Waals surface area contributed by atoms with Crippen LogP contribution in [0.25, 0.3) is 90.2 Å². The highest BCUT2D eigenvalue weighted by molar-refractivity contribution is 7.99. The quantitative estimate of drug-likeness (QED) is 0.182. The summed E-state index contributed by atoms with van der Waals surface area (Å²) < 4.78 is 0. The Labute approximate surface area is 324 Å². The first-order valence-corrected chi connectivity index (χ1v) is 19.2. The fraction of sp³-hybridized carbons (Fsp3) is 0. The van der Waals surface area contributed by atoms with E-state index in [1.165, 1.54) is 42.8 Å². The van der Waals surface area contributed by atoms with Gasteiger partial charge in [0.1, 0.15) is 0 Å². The molecule has 0 unspecified atom stereocenters. The van der Waals surface area contributed by atoms with Crippen LogP contribution in [0.4, 0.5) is 0 Å². The second kappa shape index (κ2) is 14.2. The zero-order chi connectivity index (χ0) is 36.6. The molecule has 9 aromatic rings. The second-order valence-corrected chi connectivity index (χ2v) is 14.7. The molecule has 0 fully saturated rings. The van der Waals surface area contributed by atoms with Crippen molar-refractivity contribution in [2.45, 2.75) is 9.79 Å². The highest BCUT2D eigenvalue weighted by Gasteiger charge is 2.19. The van der Waals surface area contributed by atoms with Gasteiger partial charge in [-0.25, -0.2) is 9.97 Å². The van der Waals surface area contributed by atoms with Crippen LogP contribution in [0.5, 0.6) is 0 Å². The molecule has 55 heavy (non-hydrogen) atoms. The van der Waals surface area contributed by atoms with Crippen molar-refractivity contribution in [3.8, 4) is 67.3 Å². The van der Waals surface area contributed by atoms with Crippen LogP contribution >= 0.6 is 11.8 Å². The molecule has 0 radical (unpaired) electrons. The Hall–Kier alpha value is -6.88. The summed E-state index contributed by atoms with van der Waals surface area (Å²) in [5.74, 6) is 0.680. The Morgan fingerprint density at radius 2 is 1.05 bits per heavy atom. The first kappa shape index (κ1) is 32.7. The topological polar surface area (TPSA) is 38.7 Å². The summed E-state index contributed by atoms with van der Waals surface area (Å²) in [6, 6.07) is 62.4. The molecule has 0 atom stereocenters. The van der Waals surface area contributed by atoms with E-state index in [4.69, 9.17) is 9.97 Å². The second-order valence-electron chi connectivity index (χ2n) is 13.6. The predicted molar refractivity (Wildman–Crippen MR) is 229 cm³/mol. The van der Waals surface area contributed by atoms with Crippen LogP contribution in [0.3, 0.4) is 0 Å². The van der Waals surface area contributed by atoms with Crippen molar-refractivity contribution < 1.29 is 0 Å². The molecular weight excluding hydrogens is 687 g/mol. The minimum atomic E-state index is 0.680. The Kier molecular flexibility index (Phi) is 8.43. The van der Waals surface area contributed by atoms with E-state index < -0.39 is 0 Å². The van der Waals surface area contributed by atoms with Crippen molar-refractivity contribution >= 4 is 34.7 Å². The Balaban J connectivity index is 1.18. The monoisotopic (exact) mass is 719 g/mol. The third-order valence-electron chi connectivity index (χ3n) is 10.2. The number of hydrogen-bond donors (Lipinski definition) is 0. The summed E-state index contributed by atoms with van der Waals surface area (Å²) in [4.78, 5) is 17.2. The molecule has 0 N–H and O–H groups in total. The van der Waals surface area contributed by atoms with E-state index in [1.54, 1.807) is 6.20 Å². The van der Waals surface area contributed by atoms with Gasteiger partial charge in [0.25, 0.3) is 0 Å². The zero-order valence-corrected chi connectivity index (χ0v) is 30.6. The molecule has 10 rings (SSSR count). The molecule has 258 valence electrons. The highest BCUT2D eigenvalue weighted by atomic mass is 32.2. The van der Waals surface area contributed by atoms with Crippen molar-refractivity contribution in [3.05, 3.63) is 199 Å². The standard InChI is InChI=1S/C51H33N3S/c1-2-13-38(14-3-1)47-32-48(39-25-20-34(21-26-39)41-15-10-30-52-33-41)54-51(53-47)40-27-24-37-23-22-35-11-4-6-16-42(35)44-18-8-9-19-49(44)55-50-43-17-7-5-12-36(43)28-29-45(50)46(37)31-40/h1-33H. The van der Waals surface area contributed by atoms with Crippen molar-refractivity contribution in [1.82, 2.24) is 15.0 Å². The molecule has 4 heteroatoms. The lowest BCUT2D eigenvalue weighted by atomic mass is 9.93. The van der Waals surface area contributed by atoms with Crippen molar-refractivity contribution in [2.75, 3.05) is 0 Å². The molecule has 0 amide bonds. The number of hydrogen-bond acceptors (Lipinski definition) is 4. The predicted octanol–water partition coefficient (Wildman–Crippen LogP) is 13.7. The number of nitrogens with zero attached hydrogens (tertiary/aromatic N) is 3. The lowest BCUT2D eigenvalue weighted by Crippen LogP contribution is -1.97. The fourth-order valence-electron chi connectivity index (χ4n) is 7.44. The first-order valence-electron chi connectivity index (χ1n) is 18.4. The SMILES string of the molecule is C1=Cc2ccc(-c3nc(-c4ccccc4)cc(-c4ccc(-c5cccnc5)cc4)n3)cc2-c2ccc3ccccc3c2Sc2ccccc2-c2ccccc21. The van der Waals surface area contributed by atoms with Gasteiger partial charge in [0.15, 0.2) is 5.82 Å². The van der Waals surface area contributed by atoms with E-state index in [1.807, 2.05) is 30.1 Å². The maximum Gasteiger partial charge on any atom is 0.160 e. The Morgan fingerprint density at radius 1 is 0.400 bits per heavy atom. The minimum Gasteiger partial charge on any atom is -0.264 e. The maximum absolute atomic E-state index is 5.26. The average Bonchev–Trinajstić information content (AvgIpc) is 3.28. The van der Waals surface area contributed by atoms with E-state index in [-0.39, 0.29) is 0 Å². The number of aromatic nitrogens is 3. The van der Waals surface area contributed by atoms with Crippen LogP contribution < -0.4 is 0 Å². The molecule has 7 aromatic carbocycles. The summed E-state index contributed by atoms with van der Waals surface area (Å²) in [5, 5.41) is 2.44. The number of rotatable bonds is 4. The lowest BCUT2D eigenvalue weighted by molar-refractivity contribution is 1.18. The molecule has 3 nitrogen and oxygen atoms in total. The first-order chi connectivity index (χ1) is 27.2. The van der Waals surface area contributed by atoms with Crippen molar-refractivity contribution in [3.63, 3.8) is 0 Å². The van der Waals surface area contributed by atoms with Crippen LogP contribution in [0, 0.1) is 0 Å². The maximum atomic E-state index is 5.26. The minimum absolute atomic E-state index is 0.680. The van der Waals surface area contributed by atoms with Gasteiger partial charge < -0.3 is 0 Å².